The molecular formula is C29H33Cl2N5. The first kappa shape index (κ1) is 25.1. The summed E-state index contributed by atoms with van der Waals surface area (Å²) in [5.74, 6) is 1.13. The molecule has 3 aliphatic heterocycles. The molecule has 3 aliphatic rings. The molecule has 0 N–H and O–H groups in total. The number of amidine groups is 1. The first-order valence-electron chi connectivity index (χ1n) is 12.6. The van der Waals surface area contributed by atoms with Crippen LogP contribution in [0.3, 0.4) is 0 Å². The van der Waals surface area contributed by atoms with Crippen molar-refractivity contribution >= 4 is 40.9 Å². The van der Waals surface area contributed by atoms with Crippen molar-refractivity contribution in [3.8, 4) is 0 Å². The maximum Gasteiger partial charge on any atom is 0.130 e. The number of hydrogen-bond acceptors (Lipinski definition) is 5. The molecule has 0 saturated carbocycles. The van der Waals surface area contributed by atoms with Gasteiger partial charge in [0.15, 0.2) is 0 Å². The number of halogens is 2. The highest BCUT2D eigenvalue weighted by Crippen LogP contribution is 2.56. The third-order valence-corrected chi connectivity index (χ3v) is 8.03. The van der Waals surface area contributed by atoms with Gasteiger partial charge >= 0.3 is 0 Å². The lowest BCUT2D eigenvalue weighted by Crippen LogP contribution is -2.60. The summed E-state index contributed by atoms with van der Waals surface area (Å²) >= 11 is 12.9. The zero-order chi connectivity index (χ0) is 25.4. The molecule has 2 aromatic carbocycles. The van der Waals surface area contributed by atoms with Gasteiger partial charge in [-0.3, -0.25) is 10.0 Å². The zero-order valence-corrected chi connectivity index (χ0v) is 22.7. The molecule has 36 heavy (non-hydrogen) atoms. The van der Waals surface area contributed by atoms with Crippen LogP contribution in [-0.2, 0) is 5.41 Å². The molecule has 0 radical (unpaired) electrons. The summed E-state index contributed by atoms with van der Waals surface area (Å²) in [4.78, 5) is 9.45. The van der Waals surface area contributed by atoms with E-state index in [9.17, 15) is 0 Å². The Bertz CT molecular complexity index is 1250. The zero-order valence-electron chi connectivity index (χ0n) is 21.2. The van der Waals surface area contributed by atoms with Crippen molar-refractivity contribution in [2.75, 3.05) is 27.2 Å². The second kappa shape index (κ2) is 10.0. The molecule has 5 rings (SSSR count). The minimum absolute atomic E-state index is 0.0367. The Labute approximate surface area is 224 Å². The van der Waals surface area contributed by atoms with Crippen LogP contribution in [0.2, 0.25) is 10.0 Å². The first-order valence-corrected chi connectivity index (χ1v) is 13.3. The van der Waals surface area contributed by atoms with E-state index in [0.29, 0.717) is 5.02 Å². The summed E-state index contributed by atoms with van der Waals surface area (Å²) in [6.45, 7) is 8.64. The Balaban J connectivity index is 1.64. The van der Waals surface area contributed by atoms with E-state index in [1.807, 2.05) is 24.3 Å². The summed E-state index contributed by atoms with van der Waals surface area (Å²) in [6.07, 6.45) is 9.07. The number of benzene rings is 2. The highest BCUT2D eigenvalue weighted by Gasteiger charge is 2.56. The van der Waals surface area contributed by atoms with Gasteiger partial charge in [0.05, 0.1) is 17.1 Å². The molecule has 0 aliphatic carbocycles. The molecule has 3 atom stereocenters. The largest absolute Gasteiger partial charge is 0.325 e. The molecule has 5 nitrogen and oxygen atoms in total. The fraction of sp³-hybridized carbons (Fsp3) is 0.379. The van der Waals surface area contributed by atoms with E-state index in [2.05, 4.69) is 79.2 Å². The Morgan fingerprint density at radius 2 is 1.94 bits per heavy atom. The lowest BCUT2D eigenvalue weighted by molar-refractivity contribution is 0.232. The molecule has 0 amide bonds. The van der Waals surface area contributed by atoms with Crippen molar-refractivity contribution in [2.45, 2.75) is 43.6 Å². The highest BCUT2D eigenvalue weighted by atomic mass is 35.5. The predicted molar refractivity (Wildman–Crippen MR) is 152 cm³/mol. The summed E-state index contributed by atoms with van der Waals surface area (Å²) in [5, 5.41) is 8.62. The van der Waals surface area contributed by atoms with E-state index in [1.165, 1.54) is 11.1 Å². The normalized spacial score (nSPS) is 24.3. The van der Waals surface area contributed by atoms with Gasteiger partial charge in [-0.15, -0.1) is 0 Å². The van der Waals surface area contributed by atoms with Gasteiger partial charge in [0, 0.05) is 47.5 Å². The number of nitrogens with zero attached hydrogens (tertiary/aromatic N) is 5. The van der Waals surface area contributed by atoms with E-state index >= 15 is 0 Å². The van der Waals surface area contributed by atoms with Crippen LogP contribution in [0.25, 0.3) is 0 Å². The molecule has 1 spiro atoms. The Hall–Kier alpha value is -2.60. The highest BCUT2D eigenvalue weighted by molar-refractivity contribution is 6.31. The number of fused-ring (bicyclic) bond motifs is 3. The van der Waals surface area contributed by atoms with Crippen molar-refractivity contribution in [2.24, 2.45) is 10.1 Å². The summed E-state index contributed by atoms with van der Waals surface area (Å²) in [5.41, 5.74) is 4.01. The quantitative estimate of drug-likeness (QED) is 0.374. The summed E-state index contributed by atoms with van der Waals surface area (Å²) in [7, 11) is 4.20. The van der Waals surface area contributed by atoms with Gasteiger partial charge < -0.3 is 9.80 Å². The number of rotatable bonds is 7. The van der Waals surface area contributed by atoms with Crippen LogP contribution < -0.4 is 0 Å². The average Bonchev–Trinajstić information content (AvgIpc) is 3.21. The van der Waals surface area contributed by atoms with Crippen LogP contribution in [0.5, 0.6) is 0 Å². The van der Waals surface area contributed by atoms with Gasteiger partial charge in [0.25, 0.3) is 0 Å². The molecule has 1 fully saturated rings. The fourth-order valence-corrected chi connectivity index (χ4v) is 6.22. The topological polar surface area (TPSA) is 34.4 Å². The maximum absolute atomic E-state index is 6.52. The molecule has 3 unspecified atom stereocenters. The van der Waals surface area contributed by atoms with Gasteiger partial charge in [-0.2, -0.15) is 5.10 Å². The van der Waals surface area contributed by atoms with Crippen LogP contribution in [-0.4, -0.2) is 60.1 Å². The number of piperidine rings is 1. The van der Waals surface area contributed by atoms with Crippen LogP contribution in [0, 0.1) is 0 Å². The van der Waals surface area contributed by atoms with E-state index in [4.69, 9.17) is 33.3 Å². The van der Waals surface area contributed by atoms with E-state index in [1.54, 1.807) is 0 Å². The summed E-state index contributed by atoms with van der Waals surface area (Å²) < 4.78 is 0. The van der Waals surface area contributed by atoms with Crippen molar-refractivity contribution in [3.63, 3.8) is 0 Å². The molecular weight excluding hydrogens is 489 g/mol. The molecule has 0 bridgehead atoms. The lowest BCUT2D eigenvalue weighted by atomic mass is 9.59. The van der Waals surface area contributed by atoms with Crippen LogP contribution in [0.15, 0.2) is 77.1 Å². The smallest absolute Gasteiger partial charge is 0.130 e. The molecule has 188 valence electrons. The SMILES string of the molecule is C=C(CC)C1N2C=CN(CCCN(C)C)N=C2CC(c2cccc(Cl)c2)C12C=Nc1cc(Cl)ccc12. The van der Waals surface area contributed by atoms with Crippen molar-refractivity contribution < 1.29 is 0 Å². The Kier molecular flexibility index (Phi) is 6.99. The molecule has 3 heterocycles. The summed E-state index contributed by atoms with van der Waals surface area (Å²) in [6, 6.07) is 14.3. The molecule has 2 aromatic rings. The van der Waals surface area contributed by atoms with Crippen molar-refractivity contribution in [3.05, 3.63) is 88.2 Å². The molecule has 7 heteroatoms. The average molecular weight is 523 g/mol. The second-order valence-corrected chi connectivity index (χ2v) is 11.0. The van der Waals surface area contributed by atoms with Gasteiger partial charge in [-0.05, 0) is 68.9 Å². The molecule has 0 aromatic heterocycles. The van der Waals surface area contributed by atoms with Crippen molar-refractivity contribution in [1.29, 1.82) is 0 Å². The van der Waals surface area contributed by atoms with Crippen molar-refractivity contribution in [1.82, 2.24) is 14.8 Å². The number of hydrazone groups is 1. The lowest BCUT2D eigenvalue weighted by Gasteiger charge is -2.53. The number of aliphatic imine (C=N–C) groups is 1. The Morgan fingerprint density at radius 1 is 1.14 bits per heavy atom. The fourth-order valence-electron chi connectivity index (χ4n) is 5.86. The Morgan fingerprint density at radius 3 is 2.69 bits per heavy atom. The number of hydrogen-bond donors (Lipinski definition) is 0. The van der Waals surface area contributed by atoms with Gasteiger partial charge in [0.1, 0.15) is 5.84 Å². The second-order valence-electron chi connectivity index (χ2n) is 10.1. The van der Waals surface area contributed by atoms with Gasteiger partial charge in [-0.1, -0.05) is 60.5 Å². The van der Waals surface area contributed by atoms with Gasteiger partial charge in [-0.25, -0.2) is 0 Å². The van der Waals surface area contributed by atoms with Gasteiger partial charge in [0.2, 0.25) is 0 Å². The van der Waals surface area contributed by atoms with E-state index in [-0.39, 0.29) is 12.0 Å². The van der Waals surface area contributed by atoms with Crippen LogP contribution in [0.1, 0.15) is 43.2 Å². The maximum atomic E-state index is 6.52. The standard InChI is InChI=1S/C29H33Cl2N5/c1-5-20(2)28-29(19-32-26-17-23(31)10-11-24(26)29)25(21-8-6-9-22(30)16-21)18-27-33-35(14-15-36(27)28)13-7-12-34(3)4/h6,8-11,14-17,19,25,28H,2,5,7,12-13,18H2,1,3-4H3. The van der Waals surface area contributed by atoms with E-state index in [0.717, 1.165) is 54.5 Å². The molecule has 1 saturated heterocycles. The van der Waals surface area contributed by atoms with E-state index < -0.39 is 5.41 Å². The minimum atomic E-state index is -0.422. The predicted octanol–water partition coefficient (Wildman–Crippen LogP) is 6.82. The van der Waals surface area contributed by atoms with Crippen LogP contribution >= 0.6 is 23.2 Å². The third kappa shape index (κ3) is 4.38. The first-order chi connectivity index (χ1) is 17.3. The third-order valence-electron chi connectivity index (χ3n) is 7.56. The van der Waals surface area contributed by atoms with Crippen LogP contribution in [0.4, 0.5) is 5.69 Å². The monoisotopic (exact) mass is 521 g/mol. The minimum Gasteiger partial charge on any atom is -0.325 e.